The van der Waals surface area contributed by atoms with Crippen LogP contribution in [-0.2, 0) is 0 Å². The third kappa shape index (κ3) is 2.40. The second-order valence-electron chi connectivity index (χ2n) is 4.13. The second-order valence-corrected chi connectivity index (χ2v) is 4.99. The molecule has 0 radical (unpaired) electrons. The Morgan fingerprint density at radius 3 is 2.38 bits per heavy atom. The number of benzene rings is 2. The van der Waals surface area contributed by atoms with Crippen LogP contribution in [0.4, 0.5) is 8.78 Å². The summed E-state index contributed by atoms with van der Waals surface area (Å²) >= 11 is 3.27. The molecule has 0 saturated carbocycles. The maximum absolute atomic E-state index is 13.7. The number of hydrogen-bond acceptors (Lipinski definition) is 3. The third-order valence-electron chi connectivity index (χ3n) is 2.81. The lowest BCUT2D eigenvalue weighted by molar-refractivity contribution is 0.503. The maximum atomic E-state index is 13.7. The number of nitrogens with zero attached hydrogens (tertiary/aromatic N) is 2. The Balaban J connectivity index is 2.20. The van der Waals surface area contributed by atoms with Crippen molar-refractivity contribution in [3.05, 3.63) is 69.1 Å². The minimum atomic E-state index is -0.851. The van der Waals surface area contributed by atoms with Crippen LogP contribution in [0.3, 0.4) is 0 Å². The Kier molecular flexibility index (Phi) is 3.42. The van der Waals surface area contributed by atoms with Crippen molar-refractivity contribution in [3.8, 4) is 17.1 Å². The highest BCUT2D eigenvalue weighted by atomic mass is 79.9. The van der Waals surface area contributed by atoms with E-state index in [9.17, 15) is 13.6 Å². The van der Waals surface area contributed by atoms with Gasteiger partial charge in [-0.2, -0.15) is 4.68 Å². The van der Waals surface area contributed by atoms with Crippen molar-refractivity contribution in [1.82, 2.24) is 9.78 Å². The molecule has 0 spiro atoms. The molecule has 0 aliphatic heterocycles. The Morgan fingerprint density at radius 2 is 1.71 bits per heavy atom. The number of para-hydroxylation sites is 1. The molecule has 1 heterocycles. The SMILES string of the molecule is O=c1oc(-c2c(F)cccc2F)nn1-c1ccccc1Br. The molecule has 3 aromatic rings. The fourth-order valence-corrected chi connectivity index (χ4v) is 2.31. The summed E-state index contributed by atoms with van der Waals surface area (Å²) in [5.74, 6) is -2.95. The zero-order valence-electron chi connectivity index (χ0n) is 10.4. The summed E-state index contributed by atoms with van der Waals surface area (Å²) in [5, 5.41) is 3.86. The van der Waals surface area contributed by atoms with Gasteiger partial charge in [-0.15, -0.1) is 5.10 Å². The van der Waals surface area contributed by atoms with Crippen LogP contribution in [0.15, 0.2) is 56.1 Å². The maximum Gasteiger partial charge on any atom is 0.442 e. The molecule has 106 valence electrons. The number of aromatic nitrogens is 2. The Labute approximate surface area is 125 Å². The van der Waals surface area contributed by atoms with Gasteiger partial charge in [0.15, 0.2) is 0 Å². The van der Waals surface area contributed by atoms with Crippen molar-refractivity contribution in [2.75, 3.05) is 0 Å². The van der Waals surface area contributed by atoms with E-state index in [2.05, 4.69) is 21.0 Å². The Hall–Kier alpha value is -2.28. The van der Waals surface area contributed by atoms with E-state index in [0.29, 0.717) is 10.2 Å². The average Bonchev–Trinajstić information content (AvgIpc) is 2.81. The molecule has 0 fully saturated rings. The lowest BCUT2D eigenvalue weighted by atomic mass is 10.2. The molecule has 21 heavy (non-hydrogen) atoms. The van der Waals surface area contributed by atoms with Crippen molar-refractivity contribution in [2.45, 2.75) is 0 Å². The molecular weight excluding hydrogens is 346 g/mol. The van der Waals surface area contributed by atoms with Crippen LogP contribution < -0.4 is 5.76 Å². The van der Waals surface area contributed by atoms with Crippen LogP contribution >= 0.6 is 15.9 Å². The molecule has 0 unspecified atom stereocenters. The summed E-state index contributed by atoms with van der Waals surface area (Å²) in [6, 6.07) is 10.1. The highest BCUT2D eigenvalue weighted by Gasteiger charge is 2.19. The van der Waals surface area contributed by atoms with Gasteiger partial charge in [-0.3, -0.25) is 0 Å². The molecule has 4 nitrogen and oxygen atoms in total. The summed E-state index contributed by atoms with van der Waals surface area (Å²) in [4.78, 5) is 11.9. The lowest BCUT2D eigenvalue weighted by Gasteiger charge is -2.01. The van der Waals surface area contributed by atoms with Gasteiger partial charge >= 0.3 is 5.76 Å². The molecule has 7 heteroatoms. The van der Waals surface area contributed by atoms with Crippen molar-refractivity contribution in [3.63, 3.8) is 0 Å². The topological polar surface area (TPSA) is 48.0 Å². The first-order valence-corrected chi connectivity index (χ1v) is 6.66. The molecule has 1 aromatic heterocycles. The summed E-state index contributed by atoms with van der Waals surface area (Å²) in [6.45, 7) is 0. The summed E-state index contributed by atoms with van der Waals surface area (Å²) in [5.41, 5.74) is -0.0605. The molecular formula is C14H7BrF2N2O2. The molecule has 2 aromatic carbocycles. The Morgan fingerprint density at radius 1 is 1.05 bits per heavy atom. The van der Waals surface area contributed by atoms with E-state index in [1.807, 2.05) is 0 Å². The van der Waals surface area contributed by atoms with E-state index in [0.717, 1.165) is 16.8 Å². The highest BCUT2D eigenvalue weighted by Crippen LogP contribution is 2.25. The van der Waals surface area contributed by atoms with Crippen molar-refractivity contribution in [1.29, 1.82) is 0 Å². The van der Waals surface area contributed by atoms with Crippen LogP contribution in [0.1, 0.15) is 0 Å². The number of halogens is 3. The second kappa shape index (κ2) is 5.25. The molecule has 0 bridgehead atoms. The summed E-state index contributed by atoms with van der Waals surface area (Å²) < 4.78 is 33.8. The number of rotatable bonds is 2. The Bertz CT molecular complexity index is 853. The van der Waals surface area contributed by atoms with E-state index in [1.54, 1.807) is 24.3 Å². The van der Waals surface area contributed by atoms with E-state index >= 15 is 0 Å². The smallest absolute Gasteiger partial charge is 0.387 e. The van der Waals surface area contributed by atoms with Gasteiger partial charge in [-0.05, 0) is 40.2 Å². The first-order valence-electron chi connectivity index (χ1n) is 5.87. The minimum Gasteiger partial charge on any atom is -0.387 e. The van der Waals surface area contributed by atoms with Crippen LogP contribution in [0.5, 0.6) is 0 Å². The molecule has 0 N–H and O–H groups in total. The van der Waals surface area contributed by atoms with Gasteiger partial charge in [0, 0.05) is 4.47 Å². The van der Waals surface area contributed by atoms with E-state index in [1.165, 1.54) is 6.07 Å². The standard InChI is InChI=1S/C14H7BrF2N2O2/c15-8-4-1-2-7-11(8)19-14(20)21-13(18-19)12-9(16)5-3-6-10(12)17/h1-7H. The van der Waals surface area contributed by atoms with E-state index in [-0.39, 0.29) is 0 Å². The predicted octanol–water partition coefficient (Wildman–Crippen LogP) is 3.53. The zero-order chi connectivity index (χ0) is 15.0. The highest BCUT2D eigenvalue weighted by molar-refractivity contribution is 9.10. The fraction of sp³-hybridized carbons (Fsp3) is 0. The van der Waals surface area contributed by atoms with Gasteiger partial charge in [-0.25, -0.2) is 13.6 Å². The van der Waals surface area contributed by atoms with E-state index in [4.69, 9.17) is 4.42 Å². The van der Waals surface area contributed by atoms with Crippen LogP contribution in [-0.4, -0.2) is 9.78 Å². The van der Waals surface area contributed by atoms with Gasteiger partial charge in [0.25, 0.3) is 5.89 Å². The van der Waals surface area contributed by atoms with Crippen molar-refractivity contribution < 1.29 is 13.2 Å². The summed E-state index contributed by atoms with van der Waals surface area (Å²) in [7, 11) is 0. The first-order chi connectivity index (χ1) is 10.1. The fourth-order valence-electron chi connectivity index (χ4n) is 1.86. The quantitative estimate of drug-likeness (QED) is 0.708. The molecule has 3 rings (SSSR count). The van der Waals surface area contributed by atoms with Gasteiger partial charge in [0.1, 0.15) is 17.2 Å². The lowest BCUT2D eigenvalue weighted by Crippen LogP contribution is -2.13. The van der Waals surface area contributed by atoms with Gasteiger partial charge in [0.2, 0.25) is 0 Å². The predicted molar refractivity (Wildman–Crippen MR) is 75.2 cm³/mol. The molecule has 0 atom stereocenters. The molecule has 0 amide bonds. The zero-order valence-corrected chi connectivity index (χ0v) is 12.0. The molecule has 0 saturated heterocycles. The van der Waals surface area contributed by atoms with Crippen LogP contribution in [0.25, 0.3) is 17.1 Å². The summed E-state index contributed by atoms with van der Waals surface area (Å²) in [6.07, 6.45) is 0. The molecule has 0 aliphatic rings. The van der Waals surface area contributed by atoms with Crippen molar-refractivity contribution >= 4 is 15.9 Å². The third-order valence-corrected chi connectivity index (χ3v) is 3.48. The minimum absolute atomic E-state index is 0.411. The van der Waals surface area contributed by atoms with Crippen LogP contribution in [0.2, 0.25) is 0 Å². The number of hydrogen-bond donors (Lipinski definition) is 0. The molecule has 0 aliphatic carbocycles. The normalized spacial score (nSPS) is 10.8. The van der Waals surface area contributed by atoms with Crippen molar-refractivity contribution in [2.24, 2.45) is 0 Å². The van der Waals surface area contributed by atoms with Gasteiger partial charge < -0.3 is 4.42 Å². The monoisotopic (exact) mass is 352 g/mol. The van der Waals surface area contributed by atoms with E-state index < -0.39 is 28.8 Å². The largest absolute Gasteiger partial charge is 0.442 e. The van der Waals surface area contributed by atoms with Gasteiger partial charge in [0.05, 0.1) is 5.69 Å². The first kappa shape index (κ1) is 13.7. The van der Waals surface area contributed by atoms with Crippen LogP contribution in [0, 0.1) is 11.6 Å². The average molecular weight is 353 g/mol. The van der Waals surface area contributed by atoms with Gasteiger partial charge in [-0.1, -0.05) is 18.2 Å².